The smallest absolute Gasteiger partial charge is 0.259 e. The van der Waals surface area contributed by atoms with Gasteiger partial charge in [0.25, 0.3) is 5.91 Å². The zero-order valence-electron chi connectivity index (χ0n) is 15.4. The molecule has 0 radical (unpaired) electrons. The molecule has 0 aliphatic heterocycles. The highest BCUT2D eigenvalue weighted by Crippen LogP contribution is 2.29. The van der Waals surface area contributed by atoms with Crippen LogP contribution in [0.1, 0.15) is 40.7 Å². The molecule has 5 nitrogen and oxygen atoms in total. The topological polar surface area (TPSA) is 67.0 Å². The number of amides is 1. The molecule has 4 rings (SSSR count). The highest BCUT2D eigenvalue weighted by atomic mass is 16.5. The standard InChI is InChI=1S/C22H23N3O2/c1-27-21-14-17-6-4-2-3-5-16(17)13-19(21)22(26)24-18-9-7-15(8-10-18)20-11-12-23-25-20/h7-14H,2-6H2,1H3,(H,23,25)(H,24,26). The molecule has 2 aromatic carbocycles. The Morgan fingerprint density at radius 1 is 1.04 bits per heavy atom. The van der Waals surface area contributed by atoms with Crippen molar-refractivity contribution in [1.82, 2.24) is 10.2 Å². The third-order valence-electron chi connectivity index (χ3n) is 5.11. The quantitative estimate of drug-likeness (QED) is 0.667. The first-order valence-corrected chi connectivity index (χ1v) is 9.35. The van der Waals surface area contributed by atoms with Crippen molar-refractivity contribution in [2.24, 2.45) is 0 Å². The van der Waals surface area contributed by atoms with Crippen LogP contribution >= 0.6 is 0 Å². The maximum atomic E-state index is 12.9. The summed E-state index contributed by atoms with van der Waals surface area (Å²) in [4.78, 5) is 12.9. The van der Waals surface area contributed by atoms with E-state index in [1.807, 2.05) is 42.5 Å². The second kappa shape index (κ2) is 7.66. The lowest BCUT2D eigenvalue weighted by Crippen LogP contribution is -2.14. The Morgan fingerprint density at radius 2 is 1.78 bits per heavy atom. The number of anilines is 1. The van der Waals surface area contributed by atoms with Gasteiger partial charge in [0.1, 0.15) is 5.75 Å². The predicted molar refractivity (Wildman–Crippen MR) is 106 cm³/mol. The van der Waals surface area contributed by atoms with E-state index < -0.39 is 0 Å². The fraction of sp³-hybridized carbons (Fsp3) is 0.273. The number of aryl methyl sites for hydroxylation is 2. The number of ether oxygens (including phenoxy) is 1. The summed E-state index contributed by atoms with van der Waals surface area (Å²) in [6.45, 7) is 0. The summed E-state index contributed by atoms with van der Waals surface area (Å²) in [5, 5.41) is 9.88. The zero-order valence-corrected chi connectivity index (χ0v) is 15.4. The summed E-state index contributed by atoms with van der Waals surface area (Å²) in [5.41, 5.74) is 5.89. The number of nitrogens with zero attached hydrogens (tertiary/aromatic N) is 1. The van der Waals surface area contributed by atoms with Crippen LogP contribution in [0.2, 0.25) is 0 Å². The number of hydrogen-bond donors (Lipinski definition) is 2. The van der Waals surface area contributed by atoms with Crippen LogP contribution in [0, 0.1) is 0 Å². The fourth-order valence-electron chi connectivity index (χ4n) is 3.63. The lowest BCUT2D eigenvalue weighted by atomic mass is 9.98. The van der Waals surface area contributed by atoms with Gasteiger partial charge in [0.05, 0.1) is 18.4 Å². The van der Waals surface area contributed by atoms with Crippen LogP contribution in [0.25, 0.3) is 11.3 Å². The molecule has 27 heavy (non-hydrogen) atoms. The van der Waals surface area contributed by atoms with Crippen molar-refractivity contribution < 1.29 is 9.53 Å². The molecule has 0 spiro atoms. The number of nitrogens with one attached hydrogen (secondary N) is 2. The van der Waals surface area contributed by atoms with Gasteiger partial charge in [-0.1, -0.05) is 18.6 Å². The van der Waals surface area contributed by atoms with Gasteiger partial charge in [0, 0.05) is 11.9 Å². The summed E-state index contributed by atoms with van der Waals surface area (Å²) in [7, 11) is 1.62. The van der Waals surface area contributed by atoms with Crippen molar-refractivity contribution in [2.75, 3.05) is 12.4 Å². The summed E-state index contributed by atoms with van der Waals surface area (Å²) < 4.78 is 5.51. The number of hydrogen-bond acceptors (Lipinski definition) is 3. The van der Waals surface area contributed by atoms with E-state index in [9.17, 15) is 4.79 Å². The van der Waals surface area contributed by atoms with E-state index in [2.05, 4.69) is 15.5 Å². The number of aromatic amines is 1. The fourth-order valence-corrected chi connectivity index (χ4v) is 3.63. The van der Waals surface area contributed by atoms with Crippen LogP contribution in [0.15, 0.2) is 48.7 Å². The van der Waals surface area contributed by atoms with E-state index in [1.165, 1.54) is 30.4 Å². The SMILES string of the molecule is COc1cc2c(cc1C(=O)Nc1ccc(-c3ccn[nH]3)cc1)CCCCC2. The molecule has 2 N–H and O–H groups in total. The van der Waals surface area contributed by atoms with Gasteiger partial charge in [-0.2, -0.15) is 5.10 Å². The second-order valence-corrected chi connectivity index (χ2v) is 6.88. The maximum absolute atomic E-state index is 12.9. The van der Waals surface area contributed by atoms with E-state index in [0.717, 1.165) is 29.8 Å². The minimum absolute atomic E-state index is 0.145. The Balaban J connectivity index is 1.56. The van der Waals surface area contributed by atoms with Gasteiger partial charge < -0.3 is 10.1 Å². The molecule has 3 aromatic rings. The van der Waals surface area contributed by atoms with E-state index in [1.54, 1.807) is 13.3 Å². The molecule has 0 fully saturated rings. The first kappa shape index (κ1) is 17.3. The van der Waals surface area contributed by atoms with Gasteiger partial charge in [0.15, 0.2) is 0 Å². The summed E-state index contributed by atoms with van der Waals surface area (Å²) >= 11 is 0. The van der Waals surface area contributed by atoms with Crippen LogP contribution in [-0.2, 0) is 12.8 Å². The number of aromatic nitrogens is 2. The van der Waals surface area contributed by atoms with E-state index in [4.69, 9.17) is 4.74 Å². The largest absolute Gasteiger partial charge is 0.496 e. The average molecular weight is 361 g/mol. The van der Waals surface area contributed by atoms with Crippen molar-refractivity contribution >= 4 is 11.6 Å². The van der Waals surface area contributed by atoms with Crippen molar-refractivity contribution in [3.05, 3.63) is 65.4 Å². The lowest BCUT2D eigenvalue weighted by molar-refractivity contribution is 0.102. The van der Waals surface area contributed by atoms with Crippen molar-refractivity contribution in [1.29, 1.82) is 0 Å². The van der Waals surface area contributed by atoms with E-state index >= 15 is 0 Å². The van der Waals surface area contributed by atoms with Crippen molar-refractivity contribution in [3.8, 4) is 17.0 Å². The van der Waals surface area contributed by atoms with Gasteiger partial charge in [-0.3, -0.25) is 9.89 Å². The Labute approximate surface area is 158 Å². The molecule has 5 heteroatoms. The minimum Gasteiger partial charge on any atom is -0.496 e. The number of carbonyl (C=O) groups is 1. The number of benzene rings is 2. The third kappa shape index (κ3) is 3.72. The molecule has 0 unspecified atom stereocenters. The molecule has 1 aliphatic rings. The molecule has 0 saturated carbocycles. The maximum Gasteiger partial charge on any atom is 0.259 e. The van der Waals surface area contributed by atoms with Gasteiger partial charge in [-0.25, -0.2) is 0 Å². The third-order valence-corrected chi connectivity index (χ3v) is 5.11. The Hall–Kier alpha value is -3.08. The number of carbonyl (C=O) groups excluding carboxylic acids is 1. The monoisotopic (exact) mass is 361 g/mol. The molecule has 1 aromatic heterocycles. The Bertz CT molecular complexity index is 931. The van der Waals surface area contributed by atoms with Crippen LogP contribution in [0.5, 0.6) is 5.75 Å². The number of H-pyrrole nitrogens is 1. The molecule has 0 bridgehead atoms. The highest BCUT2D eigenvalue weighted by molar-refractivity contribution is 6.06. The summed E-state index contributed by atoms with van der Waals surface area (Å²) in [6, 6.07) is 13.7. The van der Waals surface area contributed by atoms with E-state index in [0.29, 0.717) is 11.3 Å². The molecule has 0 atom stereocenters. The normalized spacial score (nSPS) is 13.5. The van der Waals surface area contributed by atoms with Crippen LogP contribution in [0.3, 0.4) is 0 Å². The molecular weight excluding hydrogens is 338 g/mol. The second-order valence-electron chi connectivity index (χ2n) is 6.88. The van der Waals surface area contributed by atoms with Crippen LogP contribution in [0.4, 0.5) is 5.69 Å². The molecule has 1 amide bonds. The Kier molecular flexibility index (Phi) is 4.92. The first-order chi connectivity index (χ1) is 13.2. The predicted octanol–water partition coefficient (Wildman–Crippen LogP) is 4.61. The molecule has 0 saturated heterocycles. The molecule has 138 valence electrons. The van der Waals surface area contributed by atoms with Crippen molar-refractivity contribution in [2.45, 2.75) is 32.1 Å². The highest BCUT2D eigenvalue weighted by Gasteiger charge is 2.18. The average Bonchev–Trinajstić information content (AvgIpc) is 3.13. The van der Waals surface area contributed by atoms with Crippen LogP contribution in [-0.4, -0.2) is 23.2 Å². The van der Waals surface area contributed by atoms with Crippen LogP contribution < -0.4 is 10.1 Å². The summed E-state index contributed by atoms with van der Waals surface area (Å²) in [6.07, 6.45) is 7.41. The number of rotatable bonds is 4. The number of fused-ring (bicyclic) bond motifs is 1. The molecule has 1 aliphatic carbocycles. The molecule has 1 heterocycles. The van der Waals surface area contributed by atoms with Gasteiger partial charge in [0.2, 0.25) is 0 Å². The number of methoxy groups -OCH3 is 1. The minimum atomic E-state index is -0.145. The first-order valence-electron chi connectivity index (χ1n) is 9.35. The van der Waals surface area contributed by atoms with E-state index in [-0.39, 0.29) is 5.91 Å². The van der Waals surface area contributed by atoms with Gasteiger partial charge in [-0.05, 0) is 72.7 Å². The van der Waals surface area contributed by atoms with Crippen molar-refractivity contribution in [3.63, 3.8) is 0 Å². The lowest BCUT2D eigenvalue weighted by Gasteiger charge is -2.14. The van der Waals surface area contributed by atoms with Gasteiger partial charge >= 0.3 is 0 Å². The summed E-state index contributed by atoms with van der Waals surface area (Å²) in [5.74, 6) is 0.496. The Morgan fingerprint density at radius 3 is 2.44 bits per heavy atom. The van der Waals surface area contributed by atoms with Gasteiger partial charge in [-0.15, -0.1) is 0 Å². The zero-order chi connectivity index (χ0) is 18.6. The molecular formula is C22H23N3O2.